The molecule has 3 heterocycles. The first kappa shape index (κ1) is 14.8. The molecule has 21 heavy (non-hydrogen) atoms. The minimum absolute atomic E-state index is 0.111. The molecule has 1 aromatic heterocycles. The Morgan fingerprint density at radius 1 is 1.19 bits per heavy atom. The molecule has 2 aliphatic rings. The smallest absolute Gasteiger partial charge is 0.486 e. The molecule has 0 radical (unpaired) electrons. The van der Waals surface area contributed by atoms with E-state index in [1.54, 1.807) is 12.4 Å². The monoisotopic (exact) mass is 291 g/mol. The third-order valence-corrected chi connectivity index (χ3v) is 4.45. The summed E-state index contributed by atoms with van der Waals surface area (Å²) in [6, 6.07) is 1.94. The average Bonchev–Trinajstić information content (AvgIpc) is 2.97. The normalized spacial score (nSPS) is 27.0. The minimum Gasteiger partial charge on any atom is -0.486 e. The predicted octanol–water partition coefficient (Wildman–Crippen LogP) is 1.55. The van der Waals surface area contributed by atoms with Gasteiger partial charge in [-0.05, 0) is 33.8 Å². The Hall–Kier alpha value is -1.11. The Labute approximate surface area is 126 Å². The van der Waals surface area contributed by atoms with Crippen LogP contribution in [0, 0.1) is 0 Å². The van der Waals surface area contributed by atoms with Crippen molar-refractivity contribution >= 4 is 12.6 Å². The van der Waals surface area contributed by atoms with Crippen LogP contribution >= 0.6 is 0 Å². The molecule has 0 N–H and O–H groups in total. The SMILES string of the molecule is CC1(C)OB(c2cncc(OC3CCOC3)c2)OC1(C)C. The molecule has 0 aliphatic carbocycles. The number of aromatic nitrogens is 1. The highest BCUT2D eigenvalue weighted by atomic mass is 16.7. The average molecular weight is 291 g/mol. The van der Waals surface area contributed by atoms with Crippen molar-refractivity contribution in [1.82, 2.24) is 4.98 Å². The third kappa shape index (κ3) is 2.93. The predicted molar refractivity (Wildman–Crippen MR) is 79.8 cm³/mol. The summed E-state index contributed by atoms with van der Waals surface area (Å²) in [5.41, 5.74) is 0.173. The molecule has 1 aromatic rings. The Bertz CT molecular complexity index is 498. The van der Waals surface area contributed by atoms with Gasteiger partial charge >= 0.3 is 7.12 Å². The maximum Gasteiger partial charge on any atom is 0.496 e. The van der Waals surface area contributed by atoms with Crippen molar-refractivity contribution in [3.8, 4) is 5.75 Å². The topological polar surface area (TPSA) is 49.8 Å². The molecule has 5 nitrogen and oxygen atoms in total. The fraction of sp³-hybridized carbons (Fsp3) is 0.667. The van der Waals surface area contributed by atoms with Crippen LogP contribution in [0.4, 0.5) is 0 Å². The highest BCUT2D eigenvalue weighted by Crippen LogP contribution is 2.36. The number of pyridine rings is 1. The first-order valence-corrected chi connectivity index (χ1v) is 7.42. The maximum atomic E-state index is 6.03. The van der Waals surface area contributed by atoms with Crippen molar-refractivity contribution in [2.75, 3.05) is 13.2 Å². The summed E-state index contributed by atoms with van der Waals surface area (Å²) < 4.78 is 23.3. The first-order chi connectivity index (χ1) is 9.87. The van der Waals surface area contributed by atoms with E-state index in [0.717, 1.165) is 24.2 Å². The maximum absolute atomic E-state index is 6.03. The van der Waals surface area contributed by atoms with Gasteiger partial charge in [-0.2, -0.15) is 0 Å². The number of hydrogen-bond acceptors (Lipinski definition) is 5. The van der Waals surface area contributed by atoms with Crippen molar-refractivity contribution in [2.45, 2.75) is 51.4 Å². The second-order valence-corrected chi connectivity index (χ2v) is 6.65. The van der Waals surface area contributed by atoms with Gasteiger partial charge in [-0.1, -0.05) is 0 Å². The molecule has 1 atom stereocenters. The molecular weight excluding hydrogens is 269 g/mol. The van der Waals surface area contributed by atoms with Crippen LogP contribution in [0.5, 0.6) is 5.75 Å². The third-order valence-electron chi connectivity index (χ3n) is 4.45. The number of ether oxygens (including phenoxy) is 2. The van der Waals surface area contributed by atoms with Crippen LogP contribution in [-0.4, -0.2) is 42.6 Å². The molecule has 3 rings (SSSR count). The van der Waals surface area contributed by atoms with Gasteiger partial charge < -0.3 is 18.8 Å². The lowest BCUT2D eigenvalue weighted by molar-refractivity contribution is 0.00578. The molecule has 0 spiro atoms. The van der Waals surface area contributed by atoms with Gasteiger partial charge in [0.2, 0.25) is 0 Å². The lowest BCUT2D eigenvalue weighted by Crippen LogP contribution is -2.41. The summed E-state index contributed by atoms with van der Waals surface area (Å²) in [5, 5.41) is 0. The van der Waals surface area contributed by atoms with Crippen molar-refractivity contribution in [1.29, 1.82) is 0 Å². The number of nitrogens with zero attached hydrogens (tertiary/aromatic N) is 1. The van der Waals surface area contributed by atoms with E-state index in [9.17, 15) is 0 Å². The van der Waals surface area contributed by atoms with E-state index in [4.69, 9.17) is 18.8 Å². The second-order valence-electron chi connectivity index (χ2n) is 6.65. The fourth-order valence-electron chi connectivity index (χ4n) is 2.41. The van der Waals surface area contributed by atoms with Crippen LogP contribution in [0.2, 0.25) is 0 Å². The van der Waals surface area contributed by atoms with Gasteiger partial charge in [0.15, 0.2) is 0 Å². The van der Waals surface area contributed by atoms with Gasteiger partial charge in [-0.3, -0.25) is 4.98 Å². The number of rotatable bonds is 3. The lowest BCUT2D eigenvalue weighted by Gasteiger charge is -2.32. The summed E-state index contributed by atoms with van der Waals surface area (Å²) in [4.78, 5) is 4.24. The molecule has 0 amide bonds. The van der Waals surface area contributed by atoms with Gasteiger partial charge in [0.05, 0.1) is 30.6 Å². The summed E-state index contributed by atoms with van der Waals surface area (Å²) in [7, 11) is -0.411. The molecule has 0 aromatic carbocycles. The zero-order valence-electron chi connectivity index (χ0n) is 13.1. The highest BCUT2D eigenvalue weighted by Gasteiger charge is 2.51. The van der Waals surface area contributed by atoms with Crippen LogP contribution in [0.1, 0.15) is 34.1 Å². The van der Waals surface area contributed by atoms with E-state index < -0.39 is 7.12 Å². The lowest BCUT2D eigenvalue weighted by atomic mass is 9.80. The Morgan fingerprint density at radius 2 is 1.90 bits per heavy atom. The zero-order chi connectivity index (χ0) is 15.1. The molecule has 0 saturated carbocycles. The largest absolute Gasteiger partial charge is 0.496 e. The summed E-state index contributed by atoms with van der Waals surface area (Å²) >= 11 is 0. The highest BCUT2D eigenvalue weighted by molar-refractivity contribution is 6.62. The van der Waals surface area contributed by atoms with E-state index in [-0.39, 0.29) is 17.3 Å². The Balaban J connectivity index is 1.74. The summed E-state index contributed by atoms with van der Waals surface area (Å²) in [6.07, 6.45) is 4.51. The number of hydrogen-bond donors (Lipinski definition) is 0. The molecule has 0 bridgehead atoms. The van der Waals surface area contributed by atoms with Crippen LogP contribution in [0.15, 0.2) is 18.5 Å². The van der Waals surface area contributed by atoms with E-state index in [1.165, 1.54) is 0 Å². The molecule has 114 valence electrons. The fourth-order valence-corrected chi connectivity index (χ4v) is 2.41. The van der Waals surface area contributed by atoms with E-state index >= 15 is 0 Å². The Morgan fingerprint density at radius 3 is 2.52 bits per heavy atom. The van der Waals surface area contributed by atoms with Gasteiger partial charge in [0.25, 0.3) is 0 Å². The molecule has 1 unspecified atom stereocenters. The van der Waals surface area contributed by atoms with E-state index in [2.05, 4.69) is 4.98 Å². The van der Waals surface area contributed by atoms with Crippen molar-refractivity contribution < 1.29 is 18.8 Å². The minimum atomic E-state index is -0.411. The van der Waals surface area contributed by atoms with Gasteiger partial charge in [0.1, 0.15) is 11.9 Å². The van der Waals surface area contributed by atoms with E-state index in [0.29, 0.717) is 6.61 Å². The summed E-state index contributed by atoms with van der Waals surface area (Å²) in [6.45, 7) is 9.55. The zero-order valence-corrected chi connectivity index (χ0v) is 13.1. The van der Waals surface area contributed by atoms with Crippen molar-refractivity contribution in [2.24, 2.45) is 0 Å². The molecule has 2 fully saturated rings. The molecule has 6 heteroatoms. The Kier molecular flexibility index (Phi) is 3.72. The second kappa shape index (κ2) is 5.27. The molecule has 2 aliphatic heterocycles. The van der Waals surface area contributed by atoms with Crippen molar-refractivity contribution in [3.63, 3.8) is 0 Å². The van der Waals surface area contributed by atoms with Gasteiger partial charge in [0, 0.05) is 18.1 Å². The molecular formula is C15H22BNO4. The van der Waals surface area contributed by atoms with Crippen LogP contribution in [-0.2, 0) is 14.0 Å². The molecule has 2 saturated heterocycles. The van der Waals surface area contributed by atoms with E-state index in [1.807, 2.05) is 33.8 Å². The van der Waals surface area contributed by atoms with Crippen molar-refractivity contribution in [3.05, 3.63) is 18.5 Å². The first-order valence-electron chi connectivity index (χ1n) is 7.42. The van der Waals surface area contributed by atoms with Crippen LogP contribution in [0.3, 0.4) is 0 Å². The standard InChI is InChI=1S/C15H22BNO4/c1-14(2)15(3,4)21-16(20-14)11-7-13(9-17-8-11)19-12-5-6-18-10-12/h7-9,12H,5-6,10H2,1-4H3. The van der Waals surface area contributed by atoms with Gasteiger partial charge in [-0.15, -0.1) is 0 Å². The van der Waals surface area contributed by atoms with Crippen LogP contribution < -0.4 is 10.2 Å². The van der Waals surface area contributed by atoms with Gasteiger partial charge in [-0.25, -0.2) is 0 Å². The summed E-state index contributed by atoms with van der Waals surface area (Å²) in [5.74, 6) is 0.734. The van der Waals surface area contributed by atoms with Crippen LogP contribution in [0.25, 0.3) is 0 Å². The quantitative estimate of drug-likeness (QED) is 0.791.